The number of aromatic nitrogens is 2. The van der Waals surface area contributed by atoms with Crippen LogP contribution in [0.4, 0.5) is 5.69 Å². The predicted molar refractivity (Wildman–Crippen MR) is 128 cm³/mol. The van der Waals surface area contributed by atoms with Crippen LogP contribution in [0, 0.1) is 6.92 Å². The predicted octanol–water partition coefficient (Wildman–Crippen LogP) is 4.01. The lowest BCUT2D eigenvalue weighted by atomic mass is 10.1. The Morgan fingerprint density at radius 1 is 0.879 bits per heavy atom. The molecule has 0 N–H and O–H groups in total. The topological polar surface area (TPSA) is 73.5 Å². The molecule has 0 bridgehead atoms. The number of esters is 1. The maximum Gasteiger partial charge on any atom is 0.331 e. The summed E-state index contributed by atoms with van der Waals surface area (Å²) < 4.78 is 8.49. The maximum absolute atomic E-state index is 12.7. The molecule has 0 spiro atoms. The van der Waals surface area contributed by atoms with E-state index in [0.717, 1.165) is 11.1 Å². The van der Waals surface area contributed by atoms with Crippen LogP contribution in [0.3, 0.4) is 0 Å². The van der Waals surface area contributed by atoms with Gasteiger partial charge in [0.05, 0.1) is 11.0 Å². The lowest BCUT2D eigenvalue weighted by Gasteiger charge is -2.18. The average molecular weight is 444 g/mol. The number of hydrogen-bond acceptors (Lipinski definition) is 4. The first-order valence-corrected chi connectivity index (χ1v) is 10.7. The molecule has 0 saturated heterocycles. The van der Waals surface area contributed by atoms with Crippen molar-refractivity contribution in [2.45, 2.75) is 26.9 Å². The van der Waals surface area contributed by atoms with Crippen LogP contribution in [0.15, 0.2) is 77.6 Å². The van der Waals surface area contributed by atoms with Gasteiger partial charge in [0.15, 0.2) is 0 Å². The standard InChI is InChI=1S/C26H25N3O4/c1-4-28-22-7-5-6-8-23(22)29(26(28)32)17-24(30)33-21-15-13-20(14-16-21)27(3)25(31)19-11-9-18(2)10-12-19/h5-16H,4,17H2,1-3H3. The third kappa shape index (κ3) is 4.43. The monoisotopic (exact) mass is 443 g/mol. The number of aryl methyl sites for hydroxylation is 2. The zero-order valence-corrected chi connectivity index (χ0v) is 18.8. The van der Waals surface area contributed by atoms with Gasteiger partial charge in [0.2, 0.25) is 0 Å². The van der Waals surface area contributed by atoms with Crippen molar-refractivity contribution in [3.8, 4) is 5.75 Å². The van der Waals surface area contributed by atoms with Crippen molar-refractivity contribution in [3.05, 3.63) is 94.4 Å². The Hall–Kier alpha value is -4.13. The highest BCUT2D eigenvalue weighted by molar-refractivity contribution is 6.05. The Balaban J connectivity index is 1.46. The number of nitrogens with zero attached hydrogens (tertiary/aromatic N) is 3. The molecule has 0 aliphatic carbocycles. The number of ether oxygens (including phenoxy) is 1. The molecular weight excluding hydrogens is 418 g/mol. The van der Waals surface area contributed by atoms with Crippen molar-refractivity contribution >= 4 is 28.6 Å². The number of imidazole rings is 1. The highest BCUT2D eigenvalue weighted by atomic mass is 16.5. The van der Waals surface area contributed by atoms with Crippen LogP contribution >= 0.6 is 0 Å². The average Bonchev–Trinajstić information content (AvgIpc) is 3.09. The van der Waals surface area contributed by atoms with Crippen molar-refractivity contribution in [1.29, 1.82) is 0 Å². The number of anilines is 1. The molecule has 1 aromatic heterocycles. The van der Waals surface area contributed by atoms with Gasteiger partial charge < -0.3 is 9.64 Å². The summed E-state index contributed by atoms with van der Waals surface area (Å²) >= 11 is 0. The first-order chi connectivity index (χ1) is 15.9. The lowest BCUT2D eigenvalue weighted by molar-refractivity contribution is -0.135. The largest absolute Gasteiger partial charge is 0.425 e. The minimum absolute atomic E-state index is 0.133. The molecule has 33 heavy (non-hydrogen) atoms. The Labute approximate surface area is 191 Å². The van der Waals surface area contributed by atoms with E-state index < -0.39 is 5.97 Å². The van der Waals surface area contributed by atoms with Crippen molar-refractivity contribution in [2.24, 2.45) is 0 Å². The number of carbonyl (C=O) groups is 2. The molecule has 0 atom stereocenters. The van der Waals surface area contributed by atoms with E-state index in [0.29, 0.717) is 29.1 Å². The number of para-hydroxylation sites is 2. The van der Waals surface area contributed by atoms with Crippen LogP contribution in [0.5, 0.6) is 5.75 Å². The van der Waals surface area contributed by atoms with E-state index in [1.54, 1.807) is 48.0 Å². The van der Waals surface area contributed by atoms with E-state index in [1.807, 2.05) is 50.2 Å². The molecule has 0 unspecified atom stereocenters. The van der Waals surface area contributed by atoms with Crippen LogP contribution in [-0.4, -0.2) is 28.1 Å². The van der Waals surface area contributed by atoms with Gasteiger partial charge in [-0.05, 0) is 62.4 Å². The number of carbonyl (C=O) groups excluding carboxylic acids is 2. The Morgan fingerprint density at radius 3 is 2.09 bits per heavy atom. The van der Waals surface area contributed by atoms with Crippen LogP contribution in [-0.2, 0) is 17.9 Å². The number of hydrogen-bond donors (Lipinski definition) is 0. The van der Waals surface area contributed by atoms with Gasteiger partial charge in [-0.25, -0.2) is 9.59 Å². The molecule has 3 aromatic carbocycles. The first-order valence-electron chi connectivity index (χ1n) is 10.7. The van der Waals surface area contributed by atoms with Crippen LogP contribution in [0.25, 0.3) is 11.0 Å². The van der Waals surface area contributed by atoms with Gasteiger partial charge >= 0.3 is 11.7 Å². The van der Waals surface area contributed by atoms with Gasteiger partial charge in [-0.1, -0.05) is 29.8 Å². The van der Waals surface area contributed by atoms with Crippen LogP contribution < -0.4 is 15.3 Å². The minimum Gasteiger partial charge on any atom is -0.425 e. The van der Waals surface area contributed by atoms with E-state index in [4.69, 9.17) is 4.74 Å². The fourth-order valence-electron chi connectivity index (χ4n) is 3.77. The van der Waals surface area contributed by atoms with E-state index in [-0.39, 0.29) is 18.1 Å². The number of amides is 1. The van der Waals surface area contributed by atoms with E-state index >= 15 is 0 Å². The molecule has 0 radical (unpaired) electrons. The first kappa shape index (κ1) is 22.1. The maximum atomic E-state index is 12.7. The second-order valence-electron chi connectivity index (χ2n) is 7.80. The molecule has 7 nitrogen and oxygen atoms in total. The summed E-state index contributed by atoms with van der Waals surface area (Å²) in [5.41, 5.74) is 3.57. The summed E-state index contributed by atoms with van der Waals surface area (Å²) in [7, 11) is 1.69. The van der Waals surface area contributed by atoms with E-state index in [1.165, 1.54) is 9.47 Å². The fraction of sp³-hybridized carbons (Fsp3) is 0.192. The summed E-state index contributed by atoms with van der Waals surface area (Å²) in [6.07, 6.45) is 0. The summed E-state index contributed by atoms with van der Waals surface area (Å²) in [6.45, 7) is 4.17. The highest BCUT2D eigenvalue weighted by Gasteiger charge is 2.17. The smallest absolute Gasteiger partial charge is 0.331 e. The van der Waals surface area contributed by atoms with Gasteiger partial charge in [0.25, 0.3) is 5.91 Å². The zero-order chi connectivity index (χ0) is 23.5. The molecule has 7 heteroatoms. The van der Waals surface area contributed by atoms with Crippen molar-refractivity contribution in [3.63, 3.8) is 0 Å². The van der Waals surface area contributed by atoms with Crippen molar-refractivity contribution < 1.29 is 14.3 Å². The van der Waals surface area contributed by atoms with E-state index in [2.05, 4.69) is 0 Å². The van der Waals surface area contributed by atoms with Gasteiger partial charge in [0.1, 0.15) is 12.3 Å². The van der Waals surface area contributed by atoms with E-state index in [9.17, 15) is 14.4 Å². The zero-order valence-electron chi connectivity index (χ0n) is 18.8. The lowest BCUT2D eigenvalue weighted by Crippen LogP contribution is -2.28. The molecule has 0 aliphatic rings. The number of benzene rings is 3. The Morgan fingerprint density at radius 2 is 1.48 bits per heavy atom. The third-order valence-corrected chi connectivity index (χ3v) is 5.59. The second-order valence-corrected chi connectivity index (χ2v) is 7.80. The molecule has 168 valence electrons. The fourth-order valence-corrected chi connectivity index (χ4v) is 3.77. The van der Waals surface area contributed by atoms with Crippen molar-refractivity contribution in [2.75, 3.05) is 11.9 Å². The van der Waals surface area contributed by atoms with Crippen molar-refractivity contribution in [1.82, 2.24) is 9.13 Å². The SMILES string of the molecule is CCn1c(=O)n(CC(=O)Oc2ccc(N(C)C(=O)c3ccc(C)cc3)cc2)c2ccccc21. The highest BCUT2D eigenvalue weighted by Crippen LogP contribution is 2.21. The molecule has 1 heterocycles. The van der Waals surface area contributed by atoms with Gasteiger partial charge in [-0.3, -0.25) is 13.9 Å². The molecule has 4 rings (SSSR count). The quantitative estimate of drug-likeness (QED) is 0.333. The molecule has 0 aliphatic heterocycles. The number of rotatable bonds is 6. The Bertz CT molecular complexity index is 1370. The molecule has 4 aromatic rings. The van der Waals surface area contributed by atoms with Gasteiger partial charge in [-0.2, -0.15) is 0 Å². The molecule has 1 amide bonds. The molecule has 0 fully saturated rings. The number of fused-ring (bicyclic) bond motifs is 1. The van der Waals surface area contributed by atoms with Crippen LogP contribution in [0.1, 0.15) is 22.8 Å². The summed E-state index contributed by atoms with van der Waals surface area (Å²) in [5, 5.41) is 0. The van der Waals surface area contributed by atoms with Crippen LogP contribution in [0.2, 0.25) is 0 Å². The molecular formula is C26H25N3O4. The normalized spacial score (nSPS) is 10.9. The summed E-state index contributed by atoms with van der Waals surface area (Å²) in [5.74, 6) is -0.341. The summed E-state index contributed by atoms with van der Waals surface area (Å²) in [4.78, 5) is 39.5. The third-order valence-electron chi connectivity index (χ3n) is 5.59. The second kappa shape index (κ2) is 9.16. The summed E-state index contributed by atoms with van der Waals surface area (Å²) in [6, 6.07) is 21.4. The van der Waals surface area contributed by atoms with Gasteiger partial charge in [-0.15, -0.1) is 0 Å². The van der Waals surface area contributed by atoms with Gasteiger partial charge in [0, 0.05) is 24.8 Å². The molecule has 0 saturated carbocycles. The Kier molecular flexibility index (Phi) is 6.13. The minimum atomic E-state index is -0.548.